The Bertz CT molecular complexity index is 283. The summed E-state index contributed by atoms with van der Waals surface area (Å²) in [7, 11) is 0. The fourth-order valence-corrected chi connectivity index (χ4v) is 3.35. The quantitative estimate of drug-likeness (QED) is 0.184. The Balaban J connectivity index is 0. The van der Waals surface area contributed by atoms with Gasteiger partial charge in [0.2, 0.25) is 0 Å². The fourth-order valence-electron chi connectivity index (χ4n) is 3.35. The van der Waals surface area contributed by atoms with E-state index in [1.54, 1.807) is 0 Å². The van der Waals surface area contributed by atoms with Crippen molar-refractivity contribution in [3.05, 3.63) is 0 Å². The number of aliphatic carboxylic acids is 1. The van der Waals surface area contributed by atoms with Crippen LogP contribution in [-0.2, 0) is 4.79 Å². The van der Waals surface area contributed by atoms with Crippen molar-refractivity contribution in [1.29, 1.82) is 0 Å². The van der Waals surface area contributed by atoms with Gasteiger partial charge in [-0.05, 0) is 6.42 Å². The topological polar surface area (TPSA) is 83.5 Å². The van der Waals surface area contributed by atoms with Crippen LogP contribution in [0.1, 0.15) is 135 Å². The summed E-state index contributed by atoms with van der Waals surface area (Å²) in [5.74, 6) is -0.651. The Morgan fingerprint density at radius 2 is 0.857 bits per heavy atom. The van der Waals surface area contributed by atoms with E-state index in [2.05, 4.69) is 6.92 Å². The van der Waals surface area contributed by atoms with Crippen molar-refractivity contribution in [2.75, 3.05) is 13.2 Å². The first-order chi connectivity index (χ1) is 13.7. The number of aliphatic hydroxyl groups is 1. The highest BCUT2D eigenvalue weighted by molar-refractivity contribution is 5.66. The van der Waals surface area contributed by atoms with E-state index in [0.29, 0.717) is 13.0 Å². The molecular weight excluding hydrogens is 350 g/mol. The lowest BCUT2D eigenvalue weighted by Gasteiger charge is -2.03. The van der Waals surface area contributed by atoms with Gasteiger partial charge in [-0.1, -0.05) is 122 Å². The maximum Gasteiger partial charge on any atom is 0.303 e. The van der Waals surface area contributed by atoms with Gasteiger partial charge in [-0.2, -0.15) is 0 Å². The number of rotatable bonds is 21. The van der Waals surface area contributed by atoms with Crippen LogP contribution in [0.5, 0.6) is 0 Å². The van der Waals surface area contributed by atoms with E-state index < -0.39 is 5.97 Å². The second kappa shape index (κ2) is 28.6. The molecule has 0 atom stereocenters. The van der Waals surface area contributed by atoms with Crippen LogP contribution in [0.4, 0.5) is 0 Å². The number of aliphatic hydroxyl groups excluding tert-OH is 1. The molecule has 0 rings (SSSR count). The highest BCUT2D eigenvalue weighted by Crippen LogP contribution is 2.14. The van der Waals surface area contributed by atoms with Gasteiger partial charge in [0.1, 0.15) is 0 Å². The highest BCUT2D eigenvalue weighted by atomic mass is 16.4. The van der Waals surface area contributed by atoms with Crippen LogP contribution in [0.25, 0.3) is 0 Å². The van der Waals surface area contributed by atoms with Crippen molar-refractivity contribution in [1.82, 2.24) is 0 Å². The summed E-state index contributed by atoms with van der Waals surface area (Å²) in [4.78, 5) is 10.4. The zero-order valence-corrected chi connectivity index (χ0v) is 18.9. The average molecular weight is 402 g/mol. The van der Waals surface area contributed by atoms with Crippen molar-refractivity contribution < 1.29 is 15.0 Å². The van der Waals surface area contributed by atoms with E-state index in [4.69, 9.17) is 15.9 Å². The number of carbonyl (C=O) groups is 1. The molecule has 170 valence electrons. The summed E-state index contributed by atoms with van der Waals surface area (Å²) < 4.78 is 0. The van der Waals surface area contributed by atoms with Gasteiger partial charge in [-0.15, -0.1) is 0 Å². The van der Waals surface area contributed by atoms with Crippen molar-refractivity contribution in [2.24, 2.45) is 5.73 Å². The molecule has 4 N–H and O–H groups in total. The van der Waals surface area contributed by atoms with E-state index in [0.717, 1.165) is 12.8 Å². The number of carboxylic acid groups (broad SMARTS) is 1. The molecule has 0 bridgehead atoms. The number of hydrogen-bond donors (Lipinski definition) is 3. The van der Waals surface area contributed by atoms with Gasteiger partial charge in [0.25, 0.3) is 0 Å². The van der Waals surface area contributed by atoms with Crippen LogP contribution in [0.3, 0.4) is 0 Å². The molecule has 0 aromatic heterocycles. The van der Waals surface area contributed by atoms with E-state index in [1.807, 2.05) is 0 Å². The summed E-state index contributed by atoms with van der Waals surface area (Å²) in [5, 5.41) is 16.3. The Morgan fingerprint density at radius 3 is 1.07 bits per heavy atom. The second-order valence-electron chi connectivity index (χ2n) is 8.02. The molecule has 28 heavy (non-hydrogen) atoms. The fraction of sp³-hybridized carbons (Fsp3) is 0.958. The smallest absolute Gasteiger partial charge is 0.303 e. The highest BCUT2D eigenvalue weighted by Gasteiger charge is 1.97. The minimum atomic E-state index is -0.651. The molecule has 0 saturated heterocycles. The van der Waals surface area contributed by atoms with Crippen molar-refractivity contribution in [2.45, 2.75) is 135 Å². The largest absolute Gasteiger partial charge is 0.481 e. The van der Waals surface area contributed by atoms with Crippen molar-refractivity contribution in [3.63, 3.8) is 0 Å². The molecule has 0 aliphatic heterocycles. The van der Waals surface area contributed by atoms with Crippen LogP contribution in [0.15, 0.2) is 0 Å². The molecule has 0 amide bonds. The van der Waals surface area contributed by atoms with Gasteiger partial charge in [0.15, 0.2) is 0 Å². The molecule has 0 unspecified atom stereocenters. The van der Waals surface area contributed by atoms with Gasteiger partial charge in [0.05, 0.1) is 6.61 Å². The lowest BCUT2D eigenvalue weighted by Crippen LogP contribution is -2.02. The maximum atomic E-state index is 10.4. The normalized spacial score (nSPS) is 10.5. The van der Waals surface area contributed by atoms with E-state index in [9.17, 15) is 4.79 Å². The molecule has 0 spiro atoms. The third kappa shape index (κ3) is 33.0. The maximum absolute atomic E-state index is 10.4. The molecule has 0 radical (unpaired) electrons. The van der Waals surface area contributed by atoms with Crippen LogP contribution >= 0.6 is 0 Å². The Morgan fingerprint density at radius 1 is 0.607 bits per heavy atom. The van der Waals surface area contributed by atoms with E-state index in [1.165, 1.54) is 109 Å². The van der Waals surface area contributed by atoms with Crippen molar-refractivity contribution in [3.8, 4) is 0 Å². The molecule has 0 saturated carbocycles. The predicted octanol–water partition coefficient (Wildman–Crippen LogP) is 6.83. The van der Waals surface area contributed by atoms with E-state index >= 15 is 0 Å². The third-order valence-corrected chi connectivity index (χ3v) is 5.12. The second-order valence-corrected chi connectivity index (χ2v) is 8.02. The summed E-state index contributed by atoms with van der Waals surface area (Å²) in [5.41, 5.74) is 4.78. The van der Waals surface area contributed by atoms with Gasteiger partial charge in [0, 0.05) is 13.0 Å². The molecule has 4 heteroatoms. The zero-order chi connectivity index (χ0) is 21.1. The van der Waals surface area contributed by atoms with Gasteiger partial charge < -0.3 is 15.9 Å². The molecule has 0 aliphatic rings. The SMILES string of the molecule is CCCCCCCCCCCCCCCCCCCCCC(=O)O.NCCO. The summed E-state index contributed by atoms with van der Waals surface area (Å²) >= 11 is 0. The van der Waals surface area contributed by atoms with E-state index in [-0.39, 0.29) is 6.61 Å². The summed E-state index contributed by atoms with van der Waals surface area (Å²) in [6.45, 7) is 2.76. The Labute approximate surface area is 175 Å². The Hall–Kier alpha value is -0.610. The molecule has 4 nitrogen and oxygen atoms in total. The molecule has 0 aromatic carbocycles. The van der Waals surface area contributed by atoms with Gasteiger partial charge >= 0.3 is 5.97 Å². The number of hydrogen-bond acceptors (Lipinski definition) is 3. The number of nitrogens with two attached hydrogens (primary N) is 1. The van der Waals surface area contributed by atoms with Crippen LogP contribution in [0, 0.1) is 0 Å². The minimum absolute atomic E-state index is 0.0972. The standard InChI is InChI=1S/C22H44O2.C2H7NO/c1-2-3-4-5-6-7-8-9-10-11-12-13-14-15-16-17-18-19-20-21-22(23)24;3-1-2-4/h2-21H2,1H3,(H,23,24);4H,1-3H2. The molecule has 0 aliphatic carbocycles. The van der Waals surface area contributed by atoms with Crippen LogP contribution < -0.4 is 5.73 Å². The van der Waals surface area contributed by atoms with Gasteiger partial charge in [-0.25, -0.2) is 0 Å². The lowest BCUT2D eigenvalue weighted by molar-refractivity contribution is -0.137. The first kappa shape index (κ1) is 29.6. The molecular formula is C24H51NO3. The molecule has 0 aromatic rings. The first-order valence-corrected chi connectivity index (χ1v) is 12.2. The number of carboxylic acids is 1. The zero-order valence-electron chi connectivity index (χ0n) is 18.9. The lowest BCUT2D eigenvalue weighted by atomic mass is 10.0. The van der Waals surface area contributed by atoms with Gasteiger partial charge in [-0.3, -0.25) is 4.79 Å². The summed E-state index contributed by atoms with van der Waals surface area (Å²) in [6, 6.07) is 0. The number of unbranched alkanes of at least 4 members (excludes halogenated alkanes) is 18. The minimum Gasteiger partial charge on any atom is -0.481 e. The van der Waals surface area contributed by atoms with Crippen LogP contribution in [0.2, 0.25) is 0 Å². The average Bonchev–Trinajstić information content (AvgIpc) is 2.69. The van der Waals surface area contributed by atoms with Crippen LogP contribution in [-0.4, -0.2) is 29.3 Å². The Kier molecular flexibility index (Phi) is 30.2. The molecule has 0 heterocycles. The third-order valence-electron chi connectivity index (χ3n) is 5.12. The molecule has 0 fully saturated rings. The summed E-state index contributed by atoms with van der Waals surface area (Å²) in [6.07, 6.45) is 26.1. The predicted molar refractivity (Wildman–Crippen MR) is 122 cm³/mol. The monoisotopic (exact) mass is 401 g/mol. The van der Waals surface area contributed by atoms with Crippen molar-refractivity contribution >= 4 is 5.97 Å². The first-order valence-electron chi connectivity index (χ1n) is 12.2.